The lowest BCUT2D eigenvalue weighted by Crippen LogP contribution is -2.56. The van der Waals surface area contributed by atoms with Crippen molar-refractivity contribution in [1.29, 1.82) is 0 Å². The maximum Gasteiger partial charge on any atom is 0.272 e. The van der Waals surface area contributed by atoms with Crippen LogP contribution in [0.2, 0.25) is 0 Å². The fourth-order valence-electron chi connectivity index (χ4n) is 5.13. The number of rotatable bonds is 13. The van der Waals surface area contributed by atoms with Crippen molar-refractivity contribution in [2.75, 3.05) is 6.54 Å². The van der Waals surface area contributed by atoms with E-state index in [1.165, 1.54) is 18.6 Å². The predicted molar refractivity (Wildman–Crippen MR) is 156 cm³/mol. The molecule has 4 N–H and O–H groups in total. The number of carbonyl (C=O) groups excluding carboxylic acids is 5. The van der Waals surface area contributed by atoms with Crippen molar-refractivity contribution in [3.05, 3.63) is 72.3 Å². The Balaban J connectivity index is 1.54. The van der Waals surface area contributed by atoms with Crippen LogP contribution >= 0.6 is 0 Å². The van der Waals surface area contributed by atoms with Gasteiger partial charge in [0.25, 0.3) is 5.91 Å². The van der Waals surface area contributed by atoms with E-state index in [9.17, 15) is 24.0 Å². The lowest BCUT2D eigenvalue weighted by atomic mass is 9.96. The van der Waals surface area contributed by atoms with Gasteiger partial charge >= 0.3 is 0 Å². The molecule has 0 bridgehead atoms. The Hall–Kier alpha value is -4.67. The number of amides is 4. The van der Waals surface area contributed by atoms with Crippen LogP contribution in [0.4, 0.5) is 0 Å². The molecule has 2 heterocycles. The summed E-state index contributed by atoms with van der Waals surface area (Å²) in [5.41, 5.74) is 0.892. The summed E-state index contributed by atoms with van der Waals surface area (Å²) >= 11 is 0. The third kappa shape index (κ3) is 7.96. The van der Waals surface area contributed by atoms with Crippen LogP contribution in [0.1, 0.15) is 49.2 Å². The summed E-state index contributed by atoms with van der Waals surface area (Å²) in [4.78, 5) is 71.9. The summed E-state index contributed by atoms with van der Waals surface area (Å²) in [5, 5.41) is 12.9. The molecule has 4 rings (SSSR count). The number of aldehydes is 1. The van der Waals surface area contributed by atoms with Gasteiger partial charge in [-0.3, -0.25) is 24.2 Å². The van der Waals surface area contributed by atoms with Gasteiger partial charge in [0, 0.05) is 31.3 Å². The number of benzene rings is 2. The molecule has 4 atom stereocenters. The van der Waals surface area contributed by atoms with Crippen molar-refractivity contribution >= 4 is 40.7 Å². The van der Waals surface area contributed by atoms with Crippen LogP contribution in [0, 0.1) is 11.8 Å². The first-order chi connectivity index (χ1) is 20.2. The Kier molecular flexibility index (Phi) is 10.3. The molecule has 0 spiro atoms. The highest BCUT2D eigenvalue weighted by Crippen LogP contribution is 2.20. The zero-order valence-electron chi connectivity index (χ0n) is 23.7. The second-order valence-corrected chi connectivity index (χ2v) is 10.9. The molecule has 0 unspecified atom stereocenters. The molecule has 0 saturated carbocycles. The molecule has 0 aliphatic carbocycles. The summed E-state index contributed by atoms with van der Waals surface area (Å²) in [6.07, 6.45) is 5.97. The highest BCUT2D eigenvalue weighted by atomic mass is 16.2. The maximum atomic E-state index is 13.8. The Morgan fingerprint density at radius 1 is 1.00 bits per heavy atom. The molecule has 220 valence electrons. The van der Waals surface area contributed by atoms with Crippen LogP contribution in [0.5, 0.6) is 0 Å². The molecule has 1 aliphatic heterocycles. The summed E-state index contributed by atoms with van der Waals surface area (Å²) in [5.74, 6) is -2.14. The standard InChI is InChI=1S/C31H36N6O5/c1-19(2)14-25(29(40)35-23(18-38)15-22-10-11-34-28(22)39)36-30(41)26(37-31(42)27-17-32-12-13-33-27)16-21-8-5-7-20-6-3-4-9-24(20)21/h3-9,12-13,17-19,22-23,25-26H,10-11,14-16H2,1-2H3,(H,34,39)(H,35,40)(H,36,41)(H,37,42)/t22-,23-,25-,26-/m0/s1. The van der Waals surface area contributed by atoms with E-state index in [2.05, 4.69) is 31.2 Å². The maximum absolute atomic E-state index is 13.8. The number of aromatic nitrogens is 2. The molecule has 11 nitrogen and oxygen atoms in total. The Labute approximate surface area is 244 Å². The number of fused-ring (bicyclic) bond motifs is 1. The van der Waals surface area contributed by atoms with Crippen LogP contribution in [0.15, 0.2) is 61.1 Å². The van der Waals surface area contributed by atoms with Gasteiger partial charge in [-0.1, -0.05) is 56.3 Å². The predicted octanol–water partition coefficient (Wildman–Crippen LogP) is 1.71. The number of nitrogens with one attached hydrogen (secondary N) is 4. The lowest BCUT2D eigenvalue weighted by Gasteiger charge is -2.26. The second-order valence-electron chi connectivity index (χ2n) is 10.9. The van der Waals surface area contributed by atoms with Crippen molar-refractivity contribution in [2.45, 2.75) is 57.7 Å². The molecule has 42 heavy (non-hydrogen) atoms. The van der Waals surface area contributed by atoms with Gasteiger partial charge in [-0.05, 0) is 41.5 Å². The van der Waals surface area contributed by atoms with E-state index in [-0.39, 0.29) is 36.3 Å². The Morgan fingerprint density at radius 3 is 2.45 bits per heavy atom. The van der Waals surface area contributed by atoms with E-state index < -0.39 is 35.8 Å². The summed E-state index contributed by atoms with van der Waals surface area (Å²) in [6.45, 7) is 4.36. The van der Waals surface area contributed by atoms with E-state index in [0.29, 0.717) is 25.7 Å². The molecule has 11 heteroatoms. The third-order valence-corrected chi connectivity index (χ3v) is 7.25. The molecule has 0 radical (unpaired) electrons. The van der Waals surface area contributed by atoms with Gasteiger partial charge < -0.3 is 26.1 Å². The topological polar surface area (TPSA) is 159 Å². The van der Waals surface area contributed by atoms with E-state index >= 15 is 0 Å². The van der Waals surface area contributed by atoms with E-state index in [4.69, 9.17) is 0 Å². The average Bonchev–Trinajstić information content (AvgIpc) is 3.40. The number of carbonyl (C=O) groups is 5. The smallest absolute Gasteiger partial charge is 0.272 e. The van der Waals surface area contributed by atoms with Gasteiger partial charge in [-0.2, -0.15) is 0 Å². The van der Waals surface area contributed by atoms with Crippen molar-refractivity contribution < 1.29 is 24.0 Å². The highest BCUT2D eigenvalue weighted by molar-refractivity contribution is 5.98. The van der Waals surface area contributed by atoms with Crippen LogP contribution in [0.3, 0.4) is 0 Å². The number of nitrogens with zero attached hydrogens (tertiary/aromatic N) is 2. The molecular weight excluding hydrogens is 536 g/mol. The van der Waals surface area contributed by atoms with Gasteiger partial charge in [-0.25, -0.2) is 4.98 Å². The van der Waals surface area contributed by atoms with Gasteiger partial charge in [0.1, 0.15) is 24.1 Å². The van der Waals surface area contributed by atoms with E-state index in [1.807, 2.05) is 56.3 Å². The second kappa shape index (κ2) is 14.3. The molecule has 1 saturated heterocycles. The zero-order chi connectivity index (χ0) is 30.1. The number of hydrogen-bond acceptors (Lipinski definition) is 7. The minimum absolute atomic E-state index is 0.0297. The molecule has 3 aromatic rings. The largest absolute Gasteiger partial charge is 0.356 e. The van der Waals surface area contributed by atoms with Crippen LogP contribution in [-0.2, 0) is 25.6 Å². The molecule has 1 fully saturated rings. The van der Waals surface area contributed by atoms with Crippen molar-refractivity contribution in [3.63, 3.8) is 0 Å². The normalized spacial score (nSPS) is 16.7. The SMILES string of the molecule is CC(C)C[C@H](NC(=O)[C@H](Cc1cccc2ccccc12)NC(=O)c1cnccn1)C(=O)N[C@H](C=O)C[C@@H]1CCNC1=O. The number of hydrogen-bond donors (Lipinski definition) is 4. The van der Waals surface area contributed by atoms with Gasteiger partial charge in [0.2, 0.25) is 17.7 Å². The molecular formula is C31H36N6O5. The average molecular weight is 573 g/mol. The van der Waals surface area contributed by atoms with Crippen LogP contribution < -0.4 is 21.3 Å². The third-order valence-electron chi connectivity index (χ3n) is 7.25. The van der Waals surface area contributed by atoms with Gasteiger partial charge in [0.05, 0.1) is 12.2 Å². The van der Waals surface area contributed by atoms with Gasteiger partial charge in [0.15, 0.2) is 0 Å². The summed E-state index contributed by atoms with van der Waals surface area (Å²) in [7, 11) is 0. The zero-order valence-corrected chi connectivity index (χ0v) is 23.7. The lowest BCUT2D eigenvalue weighted by molar-refractivity contribution is -0.131. The van der Waals surface area contributed by atoms with Crippen LogP contribution in [0.25, 0.3) is 10.8 Å². The molecule has 1 aliphatic rings. The molecule has 2 aromatic carbocycles. The Bertz CT molecular complexity index is 1420. The van der Waals surface area contributed by atoms with E-state index in [0.717, 1.165) is 16.3 Å². The monoisotopic (exact) mass is 572 g/mol. The first-order valence-electron chi connectivity index (χ1n) is 14.1. The van der Waals surface area contributed by atoms with Crippen LogP contribution in [-0.4, -0.2) is 64.6 Å². The van der Waals surface area contributed by atoms with Crippen molar-refractivity contribution in [1.82, 2.24) is 31.2 Å². The van der Waals surface area contributed by atoms with E-state index in [1.54, 1.807) is 0 Å². The summed E-state index contributed by atoms with van der Waals surface area (Å²) in [6, 6.07) is 10.6. The first-order valence-corrected chi connectivity index (χ1v) is 14.1. The minimum Gasteiger partial charge on any atom is -0.356 e. The fraction of sp³-hybridized carbons (Fsp3) is 0.387. The summed E-state index contributed by atoms with van der Waals surface area (Å²) < 4.78 is 0. The molecule has 4 amide bonds. The quantitative estimate of drug-likeness (QED) is 0.227. The van der Waals surface area contributed by atoms with Crippen molar-refractivity contribution in [3.8, 4) is 0 Å². The molecule has 1 aromatic heterocycles. The highest BCUT2D eigenvalue weighted by Gasteiger charge is 2.32. The first kappa shape index (κ1) is 30.3. The van der Waals surface area contributed by atoms with Crippen molar-refractivity contribution in [2.24, 2.45) is 11.8 Å². The minimum atomic E-state index is -1.04. The van der Waals surface area contributed by atoms with Gasteiger partial charge in [-0.15, -0.1) is 0 Å². The fourth-order valence-corrected chi connectivity index (χ4v) is 5.13. The Morgan fingerprint density at radius 2 is 1.76 bits per heavy atom.